The Balaban J connectivity index is 2.19. The smallest absolute Gasteiger partial charge is 0.314 e. The van der Waals surface area contributed by atoms with Gasteiger partial charge in [0.1, 0.15) is 5.92 Å². The van der Waals surface area contributed by atoms with Crippen LogP contribution in [0.25, 0.3) is 0 Å². The van der Waals surface area contributed by atoms with Gasteiger partial charge < -0.3 is 19.7 Å². The Hall–Kier alpha value is -0.650. The molecule has 2 N–H and O–H groups in total. The lowest BCUT2D eigenvalue weighted by Crippen LogP contribution is -2.45. The molecule has 0 bridgehead atoms. The van der Waals surface area contributed by atoms with Crippen molar-refractivity contribution in [1.82, 2.24) is 0 Å². The van der Waals surface area contributed by atoms with Crippen molar-refractivity contribution < 1.29 is 24.5 Å². The minimum absolute atomic E-state index is 0.0406. The fourth-order valence-electron chi connectivity index (χ4n) is 2.98. The van der Waals surface area contributed by atoms with Crippen LogP contribution >= 0.6 is 0 Å². The molecule has 0 radical (unpaired) electrons. The second kappa shape index (κ2) is 4.31. The summed E-state index contributed by atoms with van der Waals surface area (Å²) in [6.07, 6.45) is -0.992. The molecule has 2 aliphatic rings. The first kappa shape index (κ1) is 11.8. The van der Waals surface area contributed by atoms with Crippen LogP contribution in [0.1, 0.15) is 13.3 Å². The van der Waals surface area contributed by atoms with E-state index in [1.807, 2.05) is 6.92 Å². The van der Waals surface area contributed by atoms with Gasteiger partial charge in [-0.15, -0.1) is 0 Å². The third-order valence-electron chi connectivity index (χ3n) is 4.05. The Bertz CT molecular complexity index is 280. The molecule has 0 unspecified atom stereocenters. The maximum atomic E-state index is 11.6. The number of methoxy groups -OCH3 is 1. The molecule has 16 heavy (non-hydrogen) atoms. The molecular weight excluding hydrogens is 212 g/mol. The van der Waals surface area contributed by atoms with Crippen LogP contribution in [0.4, 0.5) is 0 Å². The highest BCUT2D eigenvalue weighted by Crippen LogP contribution is 2.45. The van der Waals surface area contributed by atoms with Crippen molar-refractivity contribution >= 4 is 5.97 Å². The first-order valence-corrected chi connectivity index (χ1v) is 5.61. The second-order valence-corrected chi connectivity index (χ2v) is 4.76. The molecule has 92 valence electrons. The molecule has 0 spiro atoms. The average molecular weight is 230 g/mol. The molecule has 0 amide bonds. The van der Waals surface area contributed by atoms with Crippen molar-refractivity contribution in [3.63, 3.8) is 0 Å². The molecule has 5 heteroatoms. The number of esters is 1. The van der Waals surface area contributed by atoms with Gasteiger partial charge in [-0.2, -0.15) is 0 Å². The van der Waals surface area contributed by atoms with Gasteiger partial charge in [-0.25, -0.2) is 0 Å². The van der Waals surface area contributed by atoms with Gasteiger partial charge in [0.2, 0.25) is 0 Å². The standard InChI is InChI=1S/C11H18O5/c1-5-7-4-16-11(14)9(10(13)15-2)6(7)3-8(5)12/h5-9,11-12,14H,3-4H2,1-2H3/t5-,6+,7-,8+,9+,11-/m1/s1. The highest BCUT2D eigenvalue weighted by atomic mass is 16.6. The van der Waals surface area contributed by atoms with Gasteiger partial charge in [-0.05, 0) is 24.2 Å². The van der Waals surface area contributed by atoms with Gasteiger partial charge in [0.25, 0.3) is 0 Å². The van der Waals surface area contributed by atoms with Gasteiger partial charge in [-0.3, -0.25) is 4.79 Å². The van der Waals surface area contributed by atoms with Crippen LogP contribution in [0.3, 0.4) is 0 Å². The normalized spacial score (nSPS) is 47.5. The number of carbonyl (C=O) groups is 1. The summed E-state index contributed by atoms with van der Waals surface area (Å²) in [6.45, 7) is 2.35. The van der Waals surface area contributed by atoms with Crippen LogP contribution in [0.5, 0.6) is 0 Å². The Morgan fingerprint density at radius 3 is 2.69 bits per heavy atom. The molecule has 2 rings (SSSR count). The van der Waals surface area contributed by atoms with Crippen LogP contribution < -0.4 is 0 Å². The summed E-state index contributed by atoms with van der Waals surface area (Å²) in [7, 11) is 1.30. The van der Waals surface area contributed by atoms with E-state index in [0.29, 0.717) is 13.0 Å². The van der Waals surface area contributed by atoms with Gasteiger partial charge in [0.15, 0.2) is 6.29 Å². The number of fused-ring (bicyclic) bond motifs is 1. The highest BCUT2D eigenvalue weighted by molar-refractivity contribution is 5.73. The number of ether oxygens (including phenoxy) is 2. The van der Waals surface area contributed by atoms with E-state index in [9.17, 15) is 15.0 Å². The predicted molar refractivity (Wildman–Crippen MR) is 54.2 cm³/mol. The number of hydrogen-bond acceptors (Lipinski definition) is 5. The average Bonchev–Trinajstić information content (AvgIpc) is 2.54. The van der Waals surface area contributed by atoms with Crippen molar-refractivity contribution in [3.05, 3.63) is 0 Å². The first-order valence-electron chi connectivity index (χ1n) is 5.61. The molecule has 5 nitrogen and oxygen atoms in total. The summed E-state index contributed by atoms with van der Waals surface area (Å²) >= 11 is 0. The number of aliphatic hydroxyl groups excluding tert-OH is 2. The number of rotatable bonds is 1. The maximum Gasteiger partial charge on any atom is 0.314 e. The summed E-state index contributed by atoms with van der Waals surface area (Å²) in [4.78, 5) is 11.6. The summed E-state index contributed by atoms with van der Waals surface area (Å²) < 4.78 is 9.87. The molecular formula is C11H18O5. The summed E-state index contributed by atoms with van der Waals surface area (Å²) in [5.41, 5.74) is 0. The van der Waals surface area contributed by atoms with E-state index in [1.165, 1.54) is 7.11 Å². The fourth-order valence-corrected chi connectivity index (χ4v) is 2.98. The molecule has 1 aliphatic heterocycles. The van der Waals surface area contributed by atoms with Crippen LogP contribution in [0.2, 0.25) is 0 Å². The van der Waals surface area contributed by atoms with Gasteiger partial charge >= 0.3 is 5.97 Å². The van der Waals surface area contributed by atoms with Crippen LogP contribution in [0, 0.1) is 23.7 Å². The molecule has 2 fully saturated rings. The van der Waals surface area contributed by atoms with E-state index in [-0.39, 0.29) is 17.8 Å². The van der Waals surface area contributed by atoms with Crippen LogP contribution in [0.15, 0.2) is 0 Å². The topological polar surface area (TPSA) is 76.0 Å². The van der Waals surface area contributed by atoms with Crippen molar-refractivity contribution in [3.8, 4) is 0 Å². The Morgan fingerprint density at radius 1 is 1.38 bits per heavy atom. The molecule has 1 heterocycles. The van der Waals surface area contributed by atoms with Gasteiger partial charge in [0.05, 0.1) is 19.8 Å². The zero-order valence-corrected chi connectivity index (χ0v) is 9.50. The van der Waals surface area contributed by atoms with Gasteiger partial charge in [-0.1, -0.05) is 6.92 Å². The largest absolute Gasteiger partial charge is 0.469 e. The lowest BCUT2D eigenvalue weighted by molar-refractivity contribution is -0.209. The third kappa shape index (κ3) is 1.73. The number of carbonyl (C=O) groups excluding carboxylic acids is 1. The Kier molecular flexibility index (Phi) is 3.19. The first-order chi connectivity index (χ1) is 7.56. The van der Waals surface area contributed by atoms with Crippen molar-refractivity contribution in [2.45, 2.75) is 25.7 Å². The van der Waals surface area contributed by atoms with E-state index in [1.54, 1.807) is 0 Å². The quantitative estimate of drug-likeness (QED) is 0.608. The predicted octanol–water partition coefficient (Wildman–Crippen LogP) is -0.243. The van der Waals surface area contributed by atoms with Crippen molar-refractivity contribution in [1.29, 1.82) is 0 Å². The lowest BCUT2D eigenvalue weighted by Gasteiger charge is -2.36. The molecule has 0 aromatic carbocycles. The summed E-state index contributed by atoms with van der Waals surface area (Å²) in [6, 6.07) is 0. The summed E-state index contributed by atoms with van der Waals surface area (Å²) in [5.74, 6) is -0.930. The molecule has 0 aromatic heterocycles. The SMILES string of the molecule is COC(=O)[C@@H]1[C@H]2C[C@H](O)[C@H](C)[C@H]2CO[C@H]1O. The van der Waals surface area contributed by atoms with E-state index in [0.717, 1.165) is 0 Å². The molecule has 1 saturated carbocycles. The van der Waals surface area contributed by atoms with Gasteiger partial charge in [0, 0.05) is 0 Å². The monoisotopic (exact) mass is 230 g/mol. The highest BCUT2D eigenvalue weighted by Gasteiger charge is 2.52. The van der Waals surface area contributed by atoms with E-state index in [4.69, 9.17) is 4.74 Å². The van der Waals surface area contributed by atoms with Crippen molar-refractivity contribution in [2.75, 3.05) is 13.7 Å². The van der Waals surface area contributed by atoms with E-state index >= 15 is 0 Å². The summed E-state index contributed by atoms with van der Waals surface area (Å²) in [5, 5.41) is 19.5. The maximum absolute atomic E-state index is 11.6. The lowest BCUT2D eigenvalue weighted by atomic mass is 9.79. The minimum atomic E-state index is -1.11. The van der Waals surface area contributed by atoms with E-state index < -0.39 is 24.3 Å². The number of aliphatic hydroxyl groups is 2. The third-order valence-corrected chi connectivity index (χ3v) is 4.05. The Morgan fingerprint density at radius 2 is 2.06 bits per heavy atom. The molecule has 6 atom stereocenters. The number of hydrogen-bond donors (Lipinski definition) is 2. The molecule has 1 saturated heterocycles. The fraction of sp³-hybridized carbons (Fsp3) is 0.909. The zero-order chi connectivity index (χ0) is 11.9. The second-order valence-electron chi connectivity index (χ2n) is 4.76. The van der Waals surface area contributed by atoms with Crippen molar-refractivity contribution in [2.24, 2.45) is 23.7 Å². The van der Waals surface area contributed by atoms with Crippen LogP contribution in [-0.4, -0.2) is 42.3 Å². The molecule has 1 aliphatic carbocycles. The Labute approximate surface area is 94.4 Å². The molecule has 0 aromatic rings. The van der Waals surface area contributed by atoms with E-state index in [2.05, 4.69) is 4.74 Å². The van der Waals surface area contributed by atoms with Crippen LogP contribution in [-0.2, 0) is 14.3 Å². The minimum Gasteiger partial charge on any atom is -0.469 e. The zero-order valence-electron chi connectivity index (χ0n) is 9.50.